The molecule has 2 aromatic carbocycles. The highest BCUT2D eigenvalue weighted by Crippen LogP contribution is 2.50. The van der Waals surface area contributed by atoms with Gasteiger partial charge in [-0.25, -0.2) is 22.8 Å². The number of benzene rings is 2. The number of aromatic nitrogens is 1. The number of nitrogens with zero attached hydrogens (tertiary/aromatic N) is 2. The van der Waals surface area contributed by atoms with Crippen LogP contribution in [-0.2, 0) is 28.9 Å². The summed E-state index contributed by atoms with van der Waals surface area (Å²) >= 11 is 0. The molecule has 5 rings (SSSR count). The Hall–Kier alpha value is -5.04. The van der Waals surface area contributed by atoms with Gasteiger partial charge < -0.3 is 25.2 Å². The Morgan fingerprint density at radius 3 is 2.21 bits per heavy atom. The molecule has 0 saturated carbocycles. The van der Waals surface area contributed by atoms with Crippen molar-refractivity contribution >= 4 is 39.9 Å². The van der Waals surface area contributed by atoms with E-state index in [4.69, 9.17) is 15.2 Å². The molecule has 12 nitrogen and oxygen atoms in total. The number of carbonyl (C=O) groups is 4. The van der Waals surface area contributed by atoms with E-state index in [0.717, 1.165) is 11.0 Å². The third-order valence-corrected chi connectivity index (χ3v) is 10.0. The first kappa shape index (κ1) is 28.5. The highest BCUT2D eigenvalue weighted by atomic mass is 32.2. The van der Waals surface area contributed by atoms with E-state index in [1.54, 1.807) is 60.7 Å². The van der Waals surface area contributed by atoms with Crippen LogP contribution in [0.25, 0.3) is 6.08 Å². The Balaban J connectivity index is 1.56. The van der Waals surface area contributed by atoms with E-state index in [0.29, 0.717) is 11.1 Å². The van der Waals surface area contributed by atoms with Crippen molar-refractivity contribution in [2.24, 2.45) is 5.73 Å². The first-order valence-corrected chi connectivity index (χ1v) is 14.2. The molecule has 13 heteroatoms. The molecule has 1 unspecified atom stereocenters. The van der Waals surface area contributed by atoms with Crippen molar-refractivity contribution < 1.29 is 42.2 Å². The van der Waals surface area contributed by atoms with Gasteiger partial charge in [-0.05, 0) is 36.3 Å². The van der Waals surface area contributed by atoms with Crippen LogP contribution in [0, 0.1) is 0 Å². The molecule has 216 valence electrons. The average molecular weight is 592 g/mol. The highest BCUT2D eigenvalue weighted by molar-refractivity contribution is 7.94. The molecule has 42 heavy (non-hydrogen) atoms. The Morgan fingerprint density at radius 1 is 1.07 bits per heavy atom. The molecule has 2 aliphatic rings. The van der Waals surface area contributed by atoms with Gasteiger partial charge in [0.25, 0.3) is 5.91 Å². The third-order valence-electron chi connectivity index (χ3n) is 7.29. The van der Waals surface area contributed by atoms with Gasteiger partial charge in [-0.1, -0.05) is 60.7 Å². The number of ether oxygens (including phenoxy) is 2. The molecule has 2 saturated heterocycles. The molecule has 2 fully saturated rings. The van der Waals surface area contributed by atoms with Crippen LogP contribution in [0.2, 0.25) is 0 Å². The van der Waals surface area contributed by atoms with Crippen LogP contribution < -0.4 is 5.73 Å². The minimum Gasteiger partial charge on any atom is -0.478 e. The van der Waals surface area contributed by atoms with Crippen molar-refractivity contribution in [1.82, 2.24) is 9.88 Å². The van der Waals surface area contributed by atoms with Crippen LogP contribution in [-0.4, -0.2) is 70.1 Å². The number of amides is 2. The molecule has 2 aliphatic heterocycles. The fraction of sp³-hybridized carbons (Fsp3) is 0.207. The van der Waals surface area contributed by atoms with E-state index in [1.807, 2.05) is 0 Å². The maximum Gasteiger partial charge on any atom is 0.404 e. The van der Waals surface area contributed by atoms with Crippen molar-refractivity contribution in [2.45, 2.75) is 29.2 Å². The van der Waals surface area contributed by atoms with Crippen molar-refractivity contribution in [2.75, 3.05) is 6.61 Å². The zero-order chi connectivity index (χ0) is 30.2. The second-order valence-electron chi connectivity index (χ2n) is 9.95. The molecule has 0 radical (unpaired) electrons. The lowest BCUT2D eigenvalue weighted by Crippen LogP contribution is -2.60. The zero-order valence-electron chi connectivity index (χ0n) is 22.1. The van der Waals surface area contributed by atoms with Gasteiger partial charge in [-0.3, -0.25) is 9.78 Å². The second kappa shape index (κ2) is 10.7. The van der Waals surface area contributed by atoms with Crippen molar-refractivity contribution in [3.05, 3.63) is 107 Å². The molecule has 3 aromatic rings. The summed E-state index contributed by atoms with van der Waals surface area (Å²) in [6, 6.07) is 18.3. The number of hydrogen-bond donors (Lipinski definition) is 2. The monoisotopic (exact) mass is 591 g/mol. The first-order valence-electron chi connectivity index (χ1n) is 12.7. The molecule has 3 atom stereocenters. The Morgan fingerprint density at radius 2 is 1.67 bits per heavy atom. The van der Waals surface area contributed by atoms with E-state index >= 15 is 0 Å². The van der Waals surface area contributed by atoms with E-state index in [-0.39, 0.29) is 16.8 Å². The van der Waals surface area contributed by atoms with Crippen LogP contribution in [0.5, 0.6) is 0 Å². The Kier molecular flexibility index (Phi) is 7.29. The fourth-order valence-electron chi connectivity index (χ4n) is 5.17. The number of aromatic carboxylic acids is 1. The summed E-state index contributed by atoms with van der Waals surface area (Å²) in [7, 11) is -4.45. The summed E-state index contributed by atoms with van der Waals surface area (Å²) in [5.41, 5.74) is 6.02. The predicted molar refractivity (Wildman–Crippen MR) is 147 cm³/mol. The number of primary amides is 1. The van der Waals surface area contributed by atoms with Gasteiger partial charge in [0.05, 0.1) is 16.8 Å². The molecule has 0 bridgehead atoms. The largest absolute Gasteiger partial charge is 0.478 e. The second-order valence-corrected chi connectivity index (χ2v) is 12.4. The number of sulfone groups is 1. The van der Waals surface area contributed by atoms with E-state index in [2.05, 4.69) is 4.98 Å². The van der Waals surface area contributed by atoms with Gasteiger partial charge in [0, 0.05) is 6.20 Å². The lowest BCUT2D eigenvalue weighted by atomic mass is 9.93. The van der Waals surface area contributed by atoms with Crippen LogP contribution in [0.15, 0.2) is 84.6 Å². The van der Waals surface area contributed by atoms with Gasteiger partial charge >= 0.3 is 18.0 Å². The Bertz CT molecular complexity index is 1670. The zero-order valence-corrected chi connectivity index (χ0v) is 22.9. The Labute approximate surface area is 240 Å². The molecule has 0 spiro atoms. The SMILES string of the molecule is CC1(COC(N)=O)[C@H](C(=O)OC(c2ccccc2)c2ccccc2)N2C(=O)C(=Cc3cc(C(=O)O)ccn3)[C@H]2S1(=O)=O. The molecule has 1 aromatic heterocycles. The van der Waals surface area contributed by atoms with Crippen molar-refractivity contribution in [3.63, 3.8) is 0 Å². The number of pyridine rings is 1. The number of esters is 1. The number of fused-ring (bicyclic) bond motifs is 1. The average Bonchev–Trinajstić information content (AvgIpc) is 3.14. The third kappa shape index (κ3) is 4.77. The van der Waals surface area contributed by atoms with Crippen LogP contribution in [0.4, 0.5) is 4.79 Å². The van der Waals surface area contributed by atoms with Crippen LogP contribution in [0.3, 0.4) is 0 Å². The minimum atomic E-state index is -4.45. The minimum absolute atomic E-state index is 0.0300. The highest BCUT2D eigenvalue weighted by Gasteiger charge is 2.73. The molecule has 2 amide bonds. The molecule has 3 N–H and O–H groups in total. The normalized spacial score (nSPS) is 23.2. The lowest BCUT2D eigenvalue weighted by molar-refractivity contribution is -0.161. The topological polar surface area (TPSA) is 183 Å². The van der Waals surface area contributed by atoms with Gasteiger partial charge in [-0.15, -0.1) is 0 Å². The predicted octanol–water partition coefficient (Wildman–Crippen LogP) is 2.32. The summed E-state index contributed by atoms with van der Waals surface area (Å²) in [4.78, 5) is 55.1. The number of carboxylic acids is 1. The van der Waals surface area contributed by atoms with Crippen molar-refractivity contribution in [3.8, 4) is 0 Å². The lowest BCUT2D eigenvalue weighted by Gasteiger charge is -2.39. The summed E-state index contributed by atoms with van der Waals surface area (Å²) < 4.78 is 36.6. The number of β-lactam (4-membered cyclic amide) rings is 1. The maximum atomic E-state index is 14.0. The summed E-state index contributed by atoms with van der Waals surface area (Å²) in [5.74, 6) is -3.07. The van der Waals surface area contributed by atoms with E-state index < -0.39 is 62.6 Å². The maximum absolute atomic E-state index is 14.0. The quantitative estimate of drug-likeness (QED) is 0.224. The number of carboxylic acid groups (broad SMARTS) is 1. The van der Waals surface area contributed by atoms with Gasteiger partial charge in [0.2, 0.25) is 0 Å². The van der Waals surface area contributed by atoms with Crippen LogP contribution in [0.1, 0.15) is 40.2 Å². The van der Waals surface area contributed by atoms with Crippen molar-refractivity contribution in [1.29, 1.82) is 0 Å². The van der Waals surface area contributed by atoms with Gasteiger partial charge in [-0.2, -0.15) is 0 Å². The number of hydrogen-bond acceptors (Lipinski definition) is 9. The summed E-state index contributed by atoms with van der Waals surface area (Å²) in [6.45, 7) is 0.357. The smallest absolute Gasteiger partial charge is 0.404 e. The fourth-order valence-corrected chi connectivity index (χ4v) is 7.45. The van der Waals surface area contributed by atoms with E-state index in [1.165, 1.54) is 25.3 Å². The molecule has 3 heterocycles. The standard InChI is InChI=1S/C29H25N3O9S/c1-29(16-40-28(30)37)23(27(36)41-22(17-8-4-2-5-9-17)18-10-6-3-7-11-18)32-24(33)21(25(32)42(29,38)39)15-20-14-19(26(34)35)12-13-31-20/h2-15,22-23,25H,16H2,1H3,(H2,30,37)(H,34,35)/t23-,25+,29?/m0/s1. The summed E-state index contributed by atoms with van der Waals surface area (Å²) in [5, 5.41) is 7.68. The molecule has 0 aliphatic carbocycles. The van der Waals surface area contributed by atoms with Crippen LogP contribution >= 0.6 is 0 Å². The number of rotatable bonds is 8. The number of nitrogens with two attached hydrogens (primary N) is 1. The van der Waals surface area contributed by atoms with E-state index in [9.17, 15) is 32.7 Å². The van der Waals surface area contributed by atoms with Gasteiger partial charge in [0.1, 0.15) is 11.4 Å². The van der Waals surface area contributed by atoms with Gasteiger partial charge in [0.15, 0.2) is 27.4 Å². The molecular weight excluding hydrogens is 566 g/mol. The molecular formula is C29H25N3O9S. The first-order chi connectivity index (χ1) is 20.0. The number of carbonyl (C=O) groups excluding carboxylic acids is 3. The summed E-state index contributed by atoms with van der Waals surface area (Å²) in [6.07, 6.45) is 0.152.